The highest BCUT2D eigenvalue weighted by molar-refractivity contribution is 6.02. The quantitative estimate of drug-likeness (QED) is 0.675. The van der Waals surface area contributed by atoms with Crippen LogP contribution in [0.5, 0.6) is 0 Å². The predicted octanol–water partition coefficient (Wildman–Crippen LogP) is 4.89. The van der Waals surface area contributed by atoms with Crippen LogP contribution in [0.4, 0.5) is 0 Å². The average Bonchev–Trinajstić information content (AvgIpc) is 3.13. The lowest BCUT2D eigenvalue weighted by Gasteiger charge is -2.57. The summed E-state index contributed by atoms with van der Waals surface area (Å²) in [5, 5.41) is 11.9. The molecule has 2 heteroatoms. The fourth-order valence-electron chi connectivity index (χ4n) is 7.05. The second kappa shape index (κ2) is 5.17. The van der Waals surface area contributed by atoms with Crippen molar-refractivity contribution in [2.75, 3.05) is 0 Å². The van der Waals surface area contributed by atoms with Gasteiger partial charge in [-0.15, -0.1) is 0 Å². The second-order valence-corrected chi connectivity index (χ2v) is 10.2. The maximum atomic E-state index is 12.4. The molecule has 5 atom stereocenters. The van der Waals surface area contributed by atoms with Crippen molar-refractivity contribution in [1.82, 2.24) is 0 Å². The predicted molar refractivity (Wildman–Crippen MR) is 108 cm³/mol. The molecule has 3 saturated carbocycles. The van der Waals surface area contributed by atoms with Gasteiger partial charge in [-0.1, -0.05) is 33.3 Å². The summed E-state index contributed by atoms with van der Waals surface area (Å²) < 4.78 is 0. The molecule has 1 unspecified atom stereocenters. The molecule has 0 aliphatic heterocycles. The third-order valence-corrected chi connectivity index (χ3v) is 8.40. The first kappa shape index (κ1) is 17.3. The Balaban J connectivity index is 1.65. The fraction of sp³-hybridized carbons (Fsp3) is 0.520. The molecule has 5 rings (SSSR count). The molecule has 1 spiro atoms. The number of hydrogen-bond donors (Lipinski definition) is 1. The summed E-state index contributed by atoms with van der Waals surface area (Å²) in [6, 6.07) is 0. The molecule has 1 N–H and O–H groups in total. The Morgan fingerprint density at radius 3 is 2.74 bits per heavy atom. The van der Waals surface area contributed by atoms with E-state index in [-0.39, 0.29) is 22.5 Å². The summed E-state index contributed by atoms with van der Waals surface area (Å²) >= 11 is 0. The molecule has 140 valence electrons. The zero-order chi connectivity index (χ0) is 19.1. The van der Waals surface area contributed by atoms with Gasteiger partial charge in [0.25, 0.3) is 0 Å². The lowest BCUT2D eigenvalue weighted by atomic mass is 9.47. The van der Waals surface area contributed by atoms with Crippen molar-refractivity contribution < 1.29 is 9.90 Å². The Labute approximate surface area is 162 Å². The van der Waals surface area contributed by atoms with Crippen molar-refractivity contribution in [3.8, 4) is 0 Å². The lowest BCUT2D eigenvalue weighted by Crippen LogP contribution is -2.52. The molecule has 0 amide bonds. The van der Waals surface area contributed by atoms with Gasteiger partial charge >= 0.3 is 0 Å². The first-order valence-electron chi connectivity index (χ1n) is 10.3. The number of fused-ring (bicyclic) bond motifs is 2. The molecule has 5 aliphatic rings. The number of ketones is 1. The van der Waals surface area contributed by atoms with E-state index in [4.69, 9.17) is 0 Å². The number of hydrogen-bond acceptors (Lipinski definition) is 2. The second-order valence-electron chi connectivity index (χ2n) is 10.2. The van der Waals surface area contributed by atoms with Crippen LogP contribution >= 0.6 is 0 Å². The van der Waals surface area contributed by atoms with E-state index < -0.39 is 11.0 Å². The van der Waals surface area contributed by atoms with Gasteiger partial charge in [0.05, 0.1) is 22.5 Å². The third kappa shape index (κ3) is 2.05. The fourth-order valence-corrected chi connectivity index (χ4v) is 7.05. The van der Waals surface area contributed by atoms with Crippen molar-refractivity contribution >= 4 is 5.78 Å². The molecular formula is C25H29O2+. The number of carbonyl (C=O) groups is 1. The zero-order valence-electron chi connectivity index (χ0n) is 16.5. The summed E-state index contributed by atoms with van der Waals surface area (Å²) in [7, 11) is 0. The van der Waals surface area contributed by atoms with Crippen molar-refractivity contribution in [2.24, 2.45) is 28.1 Å². The van der Waals surface area contributed by atoms with E-state index in [1.807, 2.05) is 30.4 Å². The van der Waals surface area contributed by atoms with Crippen LogP contribution in [0, 0.1) is 34.5 Å². The van der Waals surface area contributed by atoms with Crippen LogP contribution in [0.1, 0.15) is 46.5 Å². The van der Waals surface area contributed by atoms with Gasteiger partial charge in [-0.25, -0.2) is 0 Å². The molecular weight excluding hydrogens is 332 g/mol. The summed E-state index contributed by atoms with van der Waals surface area (Å²) in [6.45, 7) is 7.06. The minimum atomic E-state index is -0.773. The van der Waals surface area contributed by atoms with Crippen molar-refractivity contribution in [3.63, 3.8) is 0 Å². The molecule has 27 heavy (non-hydrogen) atoms. The molecule has 0 aromatic carbocycles. The molecule has 2 nitrogen and oxygen atoms in total. The number of allylic oxidation sites excluding steroid dienone is 7. The Morgan fingerprint density at radius 2 is 2.00 bits per heavy atom. The summed E-state index contributed by atoms with van der Waals surface area (Å²) in [5.74, 6) is 0.520. The first-order valence-corrected chi connectivity index (χ1v) is 10.3. The average molecular weight is 362 g/mol. The zero-order valence-corrected chi connectivity index (χ0v) is 16.5. The SMILES string of the molecule is CC1(C)CCC[C@@]2(C)C3=CC(=O)C=C[C@@]34C(/C=C3\C=CC=C[CH+]3)[C@@]4(O)C[C@H]12. The van der Waals surface area contributed by atoms with Crippen molar-refractivity contribution in [3.05, 3.63) is 66.2 Å². The Bertz CT molecular complexity index is 867. The minimum Gasteiger partial charge on any atom is -0.387 e. The van der Waals surface area contributed by atoms with E-state index in [0.29, 0.717) is 5.92 Å². The number of carbonyl (C=O) groups excluding carboxylic acids is 1. The Morgan fingerprint density at radius 1 is 1.19 bits per heavy atom. The van der Waals surface area contributed by atoms with Gasteiger partial charge in [0.1, 0.15) is 0 Å². The van der Waals surface area contributed by atoms with Gasteiger partial charge in [0, 0.05) is 36.8 Å². The van der Waals surface area contributed by atoms with Crippen LogP contribution in [0.25, 0.3) is 0 Å². The van der Waals surface area contributed by atoms with E-state index >= 15 is 0 Å². The third-order valence-electron chi connectivity index (χ3n) is 8.40. The number of rotatable bonds is 1. The molecule has 0 radical (unpaired) electrons. The van der Waals surface area contributed by atoms with Crippen LogP contribution in [0.3, 0.4) is 0 Å². The largest absolute Gasteiger partial charge is 0.387 e. The maximum absolute atomic E-state index is 12.4. The van der Waals surface area contributed by atoms with Gasteiger partial charge < -0.3 is 5.11 Å². The summed E-state index contributed by atoms with van der Waals surface area (Å²) in [4.78, 5) is 12.4. The lowest BCUT2D eigenvalue weighted by molar-refractivity contribution is -0.111. The van der Waals surface area contributed by atoms with Crippen molar-refractivity contribution in [2.45, 2.75) is 52.1 Å². The molecule has 0 heterocycles. The van der Waals surface area contributed by atoms with Gasteiger partial charge in [-0.3, -0.25) is 4.79 Å². The maximum Gasteiger partial charge on any atom is 0.178 e. The topological polar surface area (TPSA) is 37.3 Å². The van der Waals surface area contributed by atoms with Crippen LogP contribution in [0.15, 0.2) is 59.8 Å². The highest BCUT2D eigenvalue weighted by Crippen LogP contribution is 2.80. The van der Waals surface area contributed by atoms with Gasteiger partial charge in [-0.2, -0.15) is 0 Å². The van der Waals surface area contributed by atoms with E-state index in [9.17, 15) is 9.90 Å². The highest BCUT2D eigenvalue weighted by Gasteiger charge is 2.83. The monoisotopic (exact) mass is 361 g/mol. The smallest absolute Gasteiger partial charge is 0.178 e. The van der Waals surface area contributed by atoms with E-state index in [1.165, 1.54) is 18.4 Å². The normalized spacial score (nSPS) is 47.6. The minimum absolute atomic E-state index is 0.00627. The molecule has 5 aliphatic carbocycles. The van der Waals surface area contributed by atoms with E-state index in [2.05, 4.69) is 39.3 Å². The van der Waals surface area contributed by atoms with Crippen LogP contribution in [-0.4, -0.2) is 16.5 Å². The van der Waals surface area contributed by atoms with E-state index in [0.717, 1.165) is 18.4 Å². The molecule has 0 aromatic heterocycles. The first-order chi connectivity index (χ1) is 12.7. The molecule has 3 fully saturated rings. The van der Waals surface area contributed by atoms with Crippen LogP contribution in [0.2, 0.25) is 0 Å². The van der Waals surface area contributed by atoms with Crippen LogP contribution in [-0.2, 0) is 4.79 Å². The van der Waals surface area contributed by atoms with Gasteiger partial charge in [-0.05, 0) is 53.7 Å². The standard InChI is InChI=1S/C25H29O2/c1-22(2)11-7-12-23(3)19-15-18(26)10-13-24(19)20(25(24,27)16-21(22)23)14-17-8-5-4-6-9-17/h4-6,8-10,13-15,20-21,27H,7,11-12,16H2,1-3H3/q+1/t20?,21-,23+,24+,25+/m1/s1. The summed E-state index contributed by atoms with van der Waals surface area (Å²) in [5.41, 5.74) is 1.36. The van der Waals surface area contributed by atoms with Crippen LogP contribution < -0.4 is 0 Å². The van der Waals surface area contributed by atoms with E-state index in [1.54, 1.807) is 6.08 Å². The molecule has 0 saturated heterocycles. The van der Waals surface area contributed by atoms with Gasteiger partial charge in [0.15, 0.2) is 5.78 Å². The highest BCUT2D eigenvalue weighted by atomic mass is 16.3. The Kier molecular flexibility index (Phi) is 3.31. The molecule has 0 aromatic rings. The summed E-state index contributed by atoms with van der Waals surface area (Å²) in [6.07, 6.45) is 22.5. The molecule has 0 bridgehead atoms. The van der Waals surface area contributed by atoms with Gasteiger partial charge in [0.2, 0.25) is 0 Å². The Hall–Kier alpha value is -1.80. The number of aliphatic hydroxyl groups is 1. The van der Waals surface area contributed by atoms with Crippen molar-refractivity contribution in [1.29, 1.82) is 0 Å².